The van der Waals surface area contributed by atoms with Gasteiger partial charge in [-0.05, 0) is 25.3 Å². The summed E-state index contributed by atoms with van der Waals surface area (Å²) in [5.41, 5.74) is 2.19. The number of amides is 1. The molecule has 1 aromatic heterocycles. The fourth-order valence-corrected chi connectivity index (χ4v) is 5.17. The highest BCUT2D eigenvalue weighted by Gasteiger charge is 2.30. The van der Waals surface area contributed by atoms with Crippen molar-refractivity contribution in [1.29, 1.82) is 0 Å². The van der Waals surface area contributed by atoms with Crippen molar-refractivity contribution < 1.29 is 13.2 Å². The Morgan fingerprint density at radius 3 is 2.73 bits per heavy atom. The molecule has 26 heavy (non-hydrogen) atoms. The van der Waals surface area contributed by atoms with Gasteiger partial charge in [0.15, 0.2) is 15.7 Å². The van der Waals surface area contributed by atoms with E-state index in [9.17, 15) is 13.2 Å². The molecule has 2 heterocycles. The van der Waals surface area contributed by atoms with E-state index in [4.69, 9.17) is 0 Å². The molecule has 9 heteroatoms. The first kappa shape index (κ1) is 18.9. The minimum atomic E-state index is -3.01. The number of H-pyrrole nitrogens is 1. The van der Waals surface area contributed by atoms with Crippen LogP contribution in [0.5, 0.6) is 0 Å². The van der Waals surface area contributed by atoms with Gasteiger partial charge in [-0.15, -0.1) is 5.10 Å². The number of thioether (sulfide) groups is 1. The number of aromatic nitrogens is 3. The molecule has 1 amide bonds. The first-order valence-corrected chi connectivity index (χ1v) is 11.3. The van der Waals surface area contributed by atoms with Crippen LogP contribution in [0.25, 0.3) is 11.4 Å². The van der Waals surface area contributed by atoms with Crippen LogP contribution in [0.4, 0.5) is 0 Å². The average molecular weight is 395 g/mol. The third-order valence-corrected chi connectivity index (χ3v) is 7.06. The van der Waals surface area contributed by atoms with Crippen LogP contribution in [0.1, 0.15) is 25.8 Å². The lowest BCUT2D eigenvalue weighted by Gasteiger charge is -2.14. The average Bonchev–Trinajstić information content (AvgIpc) is 3.21. The maximum atomic E-state index is 12.3. The zero-order chi connectivity index (χ0) is 18.7. The molecule has 2 N–H and O–H groups in total. The molecule has 3 rings (SSSR count). The van der Waals surface area contributed by atoms with Crippen molar-refractivity contribution in [1.82, 2.24) is 20.5 Å². The molecule has 0 saturated carbocycles. The second kappa shape index (κ2) is 7.79. The quantitative estimate of drug-likeness (QED) is 0.724. The van der Waals surface area contributed by atoms with Crippen LogP contribution in [-0.2, 0) is 21.1 Å². The van der Waals surface area contributed by atoms with E-state index < -0.39 is 15.1 Å². The van der Waals surface area contributed by atoms with Crippen molar-refractivity contribution in [3.8, 4) is 11.4 Å². The van der Waals surface area contributed by atoms with E-state index in [2.05, 4.69) is 39.6 Å². The molecule has 0 unspecified atom stereocenters. The van der Waals surface area contributed by atoms with Gasteiger partial charge in [0.2, 0.25) is 11.1 Å². The van der Waals surface area contributed by atoms with Gasteiger partial charge in [-0.25, -0.2) is 13.4 Å². The van der Waals surface area contributed by atoms with Gasteiger partial charge >= 0.3 is 0 Å². The maximum absolute atomic E-state index is 12.3. The summed E-state index contributed by atoms with van der Waals surface area (Å²) in [7, 11) is -3.01. The highest BCUT2D eigenvalue weighted by molar-refractivity contribution is 8.00. The van der Waals surface area contributed by atoms with Crippen molar-refractivity contribution in [2.45, 2.75) is 43.1 Å². The predicted octanol–water partition coefficient (Wildman–Crippen LogP) is 1.82. The Morgan fingerprint density at radius 2 is 2.12 bits per heavy atom. The first-order valence-electron chi connectivity index (χ1n) is 8.55. The third-order valence-electron chi connectivity index (χ3n) is 4.33. The predicted molar refractivity (Wildman–Crippen MR) is 102 cm³/mol. The van der Waals surface area contributed by atoms with Gasteiger partial charge in [0.25, 0.3) is 0 Å². The Balaban J connectivity index is 1.58. The number of aromatic amines is 1. The second-order valence-electron chi connectivity index (χ2n) is 6.39. The fourth-order valence-electron chi connectivity index (χ4n) is 2.77. The van der Waals surface area contributed by atoms with Crippen LogP contribution in [0.3, 0.4) is 0 Å². The molecule has 0 radical (unpaired) electrons. The molecule has 140 valence electrons. The zero-order valence-electron chi connectivity index (χ0n) is 14.7. The summed E-state index contributed by atoms with van der Waals surface area (Å²) in [4.78, 5) is 16.7. The second-order valence-corrected chi connectivity index (χ2v) is 9.92. The molecule has 1 saturated heterocycles. The lowest BCUT2D eigenvalue weighted by atomic mass is 10.1. The van der Waals surface area contributed by atoms with E-state index in [0.29, 0.717) is 17.4 Å². The smallest absolute Gasteiger partial charge is 0.233 e. The Hall–Kier alpha value is -1.87. The van der Waals surface area contributed by atoms with Crippen LogP contribution < -0.4 is 5.32 Å². The van der Waals surface area contributed by atoms with Crippen molar-refractivity contribution in [3.05, 3.63) is 29.8 Å². The van der Waals surface area contributed by atoms with Gasteiger partial charge in [0.05, 0.1) is 16.8 Å². The number of rotatable bonds is 6. The number of aryl methyl sites for hydroxylation is 1. The first-order chi connectivity index (χ1) is 12.4. The van der Waals surface area contributed by atoms with Crippen LogP contribution >= 0.6 is 11.8 Å². The molecular weight excluding hydrogens is 372 g/mol. The molecule has 1 aliphatic rings. The maximum Gasteiger partial charge on any atom is 0.233 e. The Morgan fingerprint density at radius 1 is 1.38 bits per heavy atom. The van der Waals surface area contributed by atoms with Gasteiger partial charge in [0.1, 0.15) is 0 Å². The molecular formula is C17H22N4O3S2. The molecule has 0 bridgehead atoms. The van der Waals surface area contributed by atoms with E-state index in [1.54, 1.807) is 6.92 Å². The molecule has 2 aromatic rings. The van der Waals surface area contributed by atoms with Gasteiger partial charge < -0.3 is 5.32 Å². The summed E-state index contributed by atoms with van der Waals surface area (Å²) < 4.78 is 23.0. The van der Waals surface area contributed by atoms with Gasteiger partial charge in [0, 0.05) is 11.6 Å². The number of hydrogen-bond donors (Lipinski definition) is 2. The number of hydrogen-bond acceptors (Lipinski definition) is 6. The molecule has 1 aliphatic heterocycles. The van der Waals surface area contributed by atoms with Crippen molar-refractivity contribution in [2.24, 2.45) is 0 Å². The fraction of sp³-hybridized carbons (Fsp3) is 0.471. The van der Waals surface area contributed by atoms with E-state index >= 15 is 0 Å². The summed E-state index contributed by atoms with van der Waals surface area (Å²) >= 11 is 1.24. The summed E-state index contributed by atoms with van der Waals surface area (Å²) in [5.74, 6) is 0.621. The molecule has 7 nitrogen and oxygen atoms in total. The van der Waals surface area contributed by atoms with Gasteiger partial charge in [-0.3, -0.25) is 9.89 Å². The summed E-state index contributed by atoms with van der Waals surface area (Å²) in [6.07, 6.45) is 1.46. The standard InChI is InChI=1S/C17H22N4O3S2/c1-3-12-4-6-13(7-5-12)15-19-17(21-20-15)25-11(2)16(22)18-14-8-9-26(23,24)10-14/h4-7,11,14H,3,8-10H2,1-2H3,(H,18,22)(H,19,20,21)/t11-,14-/m1/s1. The number of sulfone groups is 1. The van der Waals surface area contributed by atoms with E-state index in [1.807, 2.05) is 12.1 Å². The largest absolute Gasteiger partial charge is 0.351 e. The van der Waals surface area contributed by atoms with Crippen molar-refractivity contribution in [2.75, 3.05) is 11.5 Å². The molecule has 1 aromatic carbocycles. The molecule has 2 atom stereocenters. The number of carbonyl (C=O) groups excluding carboxylic acids is 1. The van der Waals surface area contributed by atoms with E-state index in [0.717, 1.165) is 12.0 Å². The molecule has 0 spiro atoms. The van der Waals surface area contributed by atoms with Crippen LogP contribution in [0.15, 0.2) is 29.4 Å². The van der Waals surface area contributed by atoms with E-state index in [-0.39, 0.29) is 23.5 Å². The van der Waals surface area contributed by atoms with Crippen molar-refractivity contribution in [3.63, 3.8) is 0 Å². The summed E-state index contributed by atoms with van der Waals surface area (Å²) in [5, 5.41) is 9.93. The molecule has 0 aliphatic carbocycles. The Labute approximate surface area is 157 Å². The van der Waals surface area contributed by atoms with Crippen LogP contribution in [-0.4, -0.2) is 52.3 Å². The zero-order valence-corrected chi connectivity index (χ0v) is 16.4. The lowest BCUT2D eigenvalue weighted by molar-refractivity contribution is -0.120. The third kappa shape index (κ3) is 4.64. The topological polar surface area (TPSA) is 105 Å². The number of nitrogens with one attached hydrogen (secondary N) is 2. The van der Waals surface area contributed by atoms with Crippen LogP contribution in [0, 0.1) is 0 Å². The number of nitrogens with zero attached hydrogens (tertiary/aromatic N) is 2. The monoisotopic (exact) mass is 394 g/mol. The van der Waals surface area contributed by atoms with E-state index in [1.165, 1.54) is 17.3 Å². The Bertz CT molecular complexity index is 878. The Kier molecular flexibility index (Phi) is 5.67. The minimum Gasteiger partial charge on any atom is -0.351 e. The highest BCUT2D eigenvalue weighted by atomic mass is 32.2. The normalized spacial score (nSPS) is 20.0. The summed E-state index contributed by atoms with van der Waals surface area (Å²) in [6, 6.07) is 7.79. The van der Waals surface area contributed by atoms with Crippen LogP contribution in [0.2, 0.25) is 0 Å². The lowest BCUT2D eigenvalue weighted by Crippen LogP contribution is -2.39. The molecule has 1 fully saturated rings. The SMILES string of the molecule is CCc1ccc(-c2nc(S[C@H](C)C(=O)N[C@@H]3CCS(=O)(=O)C3)n[nH]2)cc1. The summed E-state index contributed by atoms with van der Waals surface area (Å²) in [6.45, 7) is 3.86. The number of benzene rings is 1. The van der Waals surface area contributed by atoms with Gasteiger partial charge in [-0.2, -0.15) is 0 Å². The minimum absolute atomic E-state index is 0.0225. The highest BCUT2D eigenvalue weighted by Crippen LogP contribution is 2.23. The van der Waals surface area contributed by atoms with Crippen molar-refractivity contribution >= 4 is 27.5 Å². The number of carbonyl (C=O) groups is 1. The van der Waals surface area contributed by atoms with Gasteiger partial charge in [-0.1, -0.05) is 43.0 Å².